The van der Waals surface area contributed by atoms with Crippen molar-refractivity contribution in [2.75, 3.05) is 5.32 Å². The Morgan fingerprint density at radius 3 is 2.86 bits per heavy atom. The lowest BCUT2D eigenvalue weighted by atomic mass is 10.1. The number of amides is 1. The number of hydrogen-bond donors (Lipinski definition) is 1. The highest BCUT2D eigenvalue weighted by Gasteiger charge is 2.21. The molecule has 1 amide bonds. The quantitative estimate of drug-likeness (QED) is 0.671. The molecule has 118 valence electrons. The van der Waals surface area contributed by atoms with Gasteiger partial charge in [0, 0.05) is 6.07 Å². The number of allylic oxidation sites excluding steroid dienone is 2. The maximum Gasteiger partial charge on any atom is 0.307 e. The highest BCUT2D eigenvalue weighted by Crippen LogP contribution is 2.21. The maximum atomic E-state index is 13.4. The van der Waals surface area contributed by atoms with E-state index in [1.807, 2.05) is 12.2 Å². The van der Waals surface area contributed by atoms with Gasteiger partial charge in [-0.1, -0.05) is 12.2 Å². The third-order valence-electron chi connectivity index (χ3n) is 3.40. The molecule has 6 heteroatoms. The molecule has 0 saturated heterocycles. The summed E-state index contributed by atoms with van der Waals surface area (Å²) in [4.78, 5) is 23.6. The van der Waals surface area contributed by atoms with E-state index in [1.165, 1.54) is 6.92 Å². The first kappa shape index (κ1) is 16.1. The first-order valence-electron chi connectivity index (χ1n) is 7.08. The minimum atomic E-state index is -1.08. The molecule has 0 fully saturated rings. The summed E-state index contributed by atoms with van der Waals surface area (Å²) in [6.07, 6.45) is 4.91. The fraction of sp³-hybridized carbons (Fsp3) is 0.375. The predicted molar refractivity (Wildman–Crippen MR) is 77.0 cm³/mol. The Hall–Kier alpha value is -2.24. The Morgan fingerprint density at radius 1 is 1.41 bits per heavy atom. The van der Waals surface area contributed by atoms with Gasteiger partial charge in [0.15, 0.2) is 6.10 Å². The summed E-state index contributed by atoms with van der Waals surface area (Å²) in [7, 11) is 0. The van der Waals surface area contributed by atoms with Crippen molar-refractivity contribution in [3.05, 3.63) is 42.0 Å². The zero-order valence-electron chi connectivity index (χ0n) is 12.1. The van der Waals surface area contributed by atoms with E-state index < -0.39 is 29.6 Å². The lowest BCUT2D eigenvalue weighted by Gasteiger charge is -2.15. The van der Waals surface area contributed by atoms with E-state index in [2.05, 4.69) is 5.32 Å². The molecule has 4 nitrogen and oxygen atoms in total. The van der Waals surface area contributed by atoms with Crippen LogP contribution in [0.4, 0.5) is 14.5 Å². The summed E-state index contributed by atoms with van der Waals surface area (Å²) in [5.74, 6) is -2.49. The molecule has 0 heterocycles. The average molecular weight is 309 g/mol. The molecule has 0 saturated carbocycles. The normalized spacial score (nSPS) is 18.0. The van der Waals surface area contributed by atoms with Crippen molar-refractivity contribution in [3.63, 3.8) is 0 Å². The van der Waals surface area contributed by atoms with Crippen LogP contribution in [0.1, 0.15) is 26.2 Å². The van der Waals surface area contributed by atoms with Gasteiger partial charge in [0.05, 0.1) is 12.1 Å². The van der Waals surface area contributed by atoms with Crippen molar-refractivity contribution < 1.29 is 23.1 Å². The highest BCUT2D eigenvalue weighted by atomic mass is 19.1. The SMILES string of the molecule is C[C@H](OC(=O)C[C@H]1C=CCC1)C(=O)Nc1cc(F)ccc1F. The standard InChI is InChI=1S/C16H17F2NO3/c1-10(22-15(20)8-11-4-2-3-5-11)16(21)19-14-9-12(17)6-7-13(14)18/h2,4,6-7,9-11H,3,5,8H2,1H3,(H,19,21)/t10-,11-/m0/s1. The number of benzene rings is 1. The van der Waals surface area contributed by atoms with Crippen molar-refractivity contribution in [2.45, 2.75) is 32.3 Å². The number of carbonyl (C=O) groups is 2. The predicted octanol–water partition coefficient (Wildman–Crippen LogP) is 3.19. The molecule has 0 spiro atoms. The average Bonchev–Trinajstić information content (AvgIpc) is 2.95. The fourth-order valence-electron chi connectivity index (χ4n) is 2.21. The second kappa shape index (κ2) is 7.15. The highest BCUT2D eigenvalue weighted by molar-refractivity contribution is 5.95. The zero-order chi connectivity index (χ0) is 16.1. The van der Waals surface area contributed by atoms with Gasteiger partial charge in [0.2, 0.25) is 0 Å². The number of anilines is 1. The van der Waals surface area contributed by atoms with Gasteiger partial charge in [-0.3, -0.25) is 9.59 Å². The van der Waals surface area contributed by atoms with Gasteiger partial charge in [-0.15, -0.1) is 0 Å². The van der Waals surface area contributed by atoms with Crippen molar-refractivity contribution >= 4 is 17.6 Å². The first-order chi connectivity index (χ1) is 10.5. The topological polar surface area (TPSA) is 55.4 Å². The van der Waals surface area contributed by atoms with Gasteiger partial charge < -0.3 is 10.1 Å². The van der Waals surface area contributed by atoms with Crippen molar-refractivity contribution in [2.24, 2.45) is 5.92 Å². The molecule has 22 heavy (non-hydrogen) atoms. The molecule has 2 atom stereocenters. The summed E-state index contributed by atoms with van der Waals surface area (Å²) < 4.78 is 31.5. The minimum Gasteiger partial charge on any atom is -0.453 e. The van der Waals surface area contributed by atoms with E-state index >= 15 is 0 Å². The monoisotopic (exact) mass is 309 g/mol. The maximum absolute atomic E-state index is 13.4. The van der Waals surface area contributed by atoms with Crippen LogP contribution in [0.15, 0.2) is 30.4 Å². The molecule has 1 N–H and O–H groups in total. The van der Waals surface area contributed by atoms with E-state index in [9.17, 15) is 18.4 Å². The number of halogens is 2. The molecule has 1 aromatic rings. The van der Waals surface area contributed by atoms with Crippen LogP contribution in [0.5, 0.6) is 0 Å². The molecule has 0 unspecified atom stereocenters. The van der Waals surface area contributed by atoms with Gasteiger partial charge in [-0.25, -0.2) is 8.78 Å². The van der Waals surface area contributed by atoms with Crippen LogP contribution in [0.3, 0.4) is 0 Å². The van der Waals surface area contributed by atoms with E-state index in [0.29, 0.717) is 0 Å². The largest absolute Gasteiger partial charge is 0.453 e. The Kier molecular flexibility index (Phi) is 5.25. The van der Waals surface area contributed by atoms with Crippen LogP contribution in [-0.4, -0.2) is 18.0 Å². The Morgan fingerprint density at radius 2 is 2.18 bits per heavy atom. The van der Waals surface area contributed by atoms with Gasteiger partial charge >= 0.3 is 5.97 Å². The zero-order valence-corrected chi connectivity index (χ0v) is 12.1. The van der Waals surface area contributed by atoms with Gasteiger partial charge in [0.1, 0.15) is 11.6 Å². The first-order valence-corrected chi connectivity index (χ1v) is 7.08. The molecule has 0 bridgehead atoms. The minimum absolute atomic E-state index is 0.142. The summed E-state index contributed by atoms with van der Waals surface area (Å²) in [6.45, 7) is 1.38. The fourth-order valence-corrected chi connectivity index (χ4v) is 2.21. The molecule has 0 aromatic heterocycles. The van der Waals surface area contributed by atoms with Crippen LogP contribution in [-0.2, 0) is 14.3 Å². The molecule has 0 aliphatic heterocycles. The lowest BCUT2D eigenvalue weighted by molar-refractivity contribution is -0.153. The number of carbonyl (C=O) groups excluding carboxylic acids is 2. The van der Waals surface area contributed by atoms with Crippen LogP contribution in [0.25, 0.3) is 0 Å². The van der Waals surface area contributed by atoms with E-state index in [-0.39, 0.29) is 18.0 Å². The number of ether oxygens (including phenoxy) is 1. The second-order valence-electron chi connectivity index (χ2n) is 5.22. The Balaban J connectivity index is 1.87. The van der Waals surface area contributed by atoms with Gasteiger partial charge in [-0.05, 0) is 37.8 Å². The number of esters is 1. The van der Waals surface area contributed by atoms with Crippen molar-refractivity contribution in [3.8, 4) is 0 Å². The molecule has 0 radical (unpaired) electrons. The molecule has 1 aliphatic carbocycles. The molecular formula is C16H17F2NO3. The second-order valence-corrected chi connectivity index (χ2v) is 5.22. The molecule has 2 rings (SSSR count). The molecule has 1 aliphatic rings. The smallest absolute Gasteiger partial charge is 0.307 e. The van der Waals surface area contributed by atoms with E-state index in [0.717, 1.165) is 31.0 Å². The van der Waals surface area contributed by atoms with E-state index in [1.54, 1.807) is 0 Å². The summed E-state index contributed by atoms with van der Waals surface area (Å²) >= 11 is 0. The third-order valence-corrected chi connectivity index (χ3v) is 3.40. The summed E-state index contributed by atoms with van der Waals surface area (Å²) in [5.41, 5.74) is -0.286. The Bertz CT molecular complexity index is 601. The third kappa shape index (κ3) is 4.38. The number of hydrogen-bond acceptors (Lipinski definition) is 3. The summed E-state index contributed by atoms with van der Waals surface area (Å²) in [6, 6.07) is 2.72. The number of nitrogens with one attached hydrogen (secondary N) is 1. The van der Waals surface area contributed by atoms with Crippen molar-refractivity contribution in [1.82, 2.24) is 0 Å². The van der Waals surface area contributed by atoms with Crippen LogP contribution < -0.4 is 5.32 Å². The number of rotatable bonds is 5. The summed E-state index contributed by atoms with van der Waals surface area (Å²) in [5, 5.41) is 2.20. The van der Waals surface area contributed by atoms with Crippen molar-refractivity contribution in [1.29, 1.82) is 0 Å². The van der Waals surface area contributed by atoms with Crippen LogP contribution >= 0.6 is 0 Å². The lowest BCUT2D eigenvalue weighted by Crippen LogP contribution is -2.30. The van der Waals surface area contributed by atoms with E-state index in [4.69, 9.17) is 4.74 Å². The molecular weight excluding hydrogens is 292 g/mol. The van der Waals surface area contributed by atoms with Crippen LogP contribution in [0.2, 0.25) is 0 Å². The van der Waals surface area contributed by atoms with Gasteiger partial charge in [-0.2, -0.15) is 0 Å². The Labute approximate surface area is 127 Å². The molecule has 1 aromatic carbocycles. The van der Waals surface area contributed by atoms with Crippen LogP contribution in [0, 0.1) is 17.6 Å². The van der Waals surface area contributed by atoms with Gasteiger partial charge in [0.25, 0.3) is 5.91 Å².